The third-order valence-electron chi connectivity index (χ3n) is 3.51. The molecule has 3 aromatic heterocycles. The molecule has 3 rings (SSSR count). The number of carbonyl (C=O) groups excluding carboxylic acids is 2. The van der Waals surface area contributed by atoms with E-state index in [9.17, 15) is 9.59 Å². The molecule has 3 aromatic rings. The third-order valence-corrected chi connectivity index (χ3v) is 4.73. The van der Waals surface area contributed by atoms with E-state index < -0.39 is 5.97 Å². The highest BCUT2D eigenvalue weighted by Gasteiger charge is 2.17. The van der Waals surface area contributed by atoms with Gasteiger partial charge in [-0.3, -0.25) is 9.48 Å². The first-order chi connectivity index (χ1) is 12.5. The fourth-order valence-corrected chi connectivity index (χ4v) is 3.33. The van der Waals surface area contributed by atoms with Crippen molar-refractivity contribution in [2.45, 2.75) is 13.1 Å². The maximum absolute atomic E-state index is 12.1. The fraction of sp³-hybridized carbons (Fsp3) is 0.235. The van der Waals surface area contributed by atoms with Crippen molar-refractivity contribution in [3.05, 3.63) is 63.5 Å². The zero-order valence-corrected chi connectivity index (χ0v) is 15.5. The topological polar surface area (TPSA) is 77.6 Å². The van der Waals surface area contributed by atoms with Gasteiger partial charge < -0.3 is 14.1 Å². The maximum atomic E-state index is 12.1. The highest BCUT2D eigenvalue weighted by molar-refractivity contribution is 7.16. The van der Waals surface area contributed by atoms with Gasteiger partial charge in [0.25, 0.3) is 5.91 Å². The molecule has 0 spiro atoms. The molecular weight excluding hydrogens is 378 g/mol. The molecule has 0 saturated carbocycles. The van der Waals surface area contributed by atoms with E-state index in [0.717, 1.165) is 4.88 Å². The van der Waals surface area contributed by atoms with Crippen LogP contribution in [0.15, 0.2) is 47.1 Å². The number of halogens is 1. The minimum absolute atomic E-state index is 0.0487. The second kappa shape index (κ2) is 8.20. The molecule has 9 heteroatoms. The van der Waals surface area contributed by atoms with Crippen molar-refractivity contribution in [1.82, 2.24) is 14.7 Å². The zero-order chi connectivity index (χ0) is 18.5. The molecule has 0 aromatic carbocycles. The lowest BCUT2D eigenvalue weighted by Gasteiger charge is -2.15. The van der Waals surface area contributed by atoms with E-state index in [4.69, 9.17) is 20.8 Å². The minimum atomic E-state index is -0.683. The average Bonchev–Trinajstić information content (AvgIpc) is 3.36. The van der Waals surface area contributed by atoms with Crippen LogP contribution in [-0.4, -0.2) is 40.2 Å². The van der Waals surface area contributed by atoms with E-state index in [-0.39, 0.29) is 18.3 Å². The van der Waals surface area contributed by atoms with Gasteiger partial charge in [0.15, 0.2) is 6.61 Å². The molecule has 1 amide bonds. The predicted octanol–water partition coefficient (Wildman–Crippen LogP) is 3.05. The Hall–Kier alpha value is -2.58. The molecule has 7 nitrogen and oxygen atoms in total. The number of ether oxygens (including phenoxy) is 1. The summed E-state index contributed by atoms with van der Waals surface area (Å²) in [4.78, 5) is 26.5. The number of rotatable bonds is 7. The van der Waals surface area contributed by atoms with Gasteiger partial charge in [0.1, 0.15) is 5.76 Å². The van der Waals surface area contributed by atoms with E-state index in [2.05, 4.69) is 5.10 Å². The van der Waals surface area contributed by atoms with Crippen molar-refractivity contribution in [1.29, 1.82) is 0 Å². The van der Waals surface area contributed by atoms with Gasteiger partial charge in [0.2, 0.25) is 5.76 Å². The molecule has 26 heavy (non-hydrogen) atoms. The van der Waals surface area contributed by atoms with Crippen LogP contribution in [-0.2, 0) is 22.6 Å². The Morgan fingerprint density at radius 1 is 1.35 bits per heavy atom. The first-order valence-electron chi connectivity index (χ1n) is 7.72. The highest BCUT2D eigenvalue weighted by atomic mass is 35.5. The molecule has 0 bridgehead atoms. The van der Waals surface area contributed by atoms with Crippen LogP contribution in [0.5, 0.6) is 0 Å². The summed E-state index contributed by atoms with van der Waals surface area (Å²) in [7, 11) is 1.64. The number of aromatic nitrogens is 2. The number of esters is 1. The maximum Gasteiger partial charge on any atom is 0.374 e. The van der Waals surface area contributed by atoms with Gasteiger partial charge in [-0.2, -0.15) is 5.10 Å². The molecule has 3 heterocycles. The van der Waals surface area contributed by atoms with Crippen LogP contribution in [0.3, 0.4) is 0 Å². The van der Waals surface area contributed by atoms with Crippen LogP contribution in [0.25, 0.3) is 0 Å². The molecule has 0 aliphatic heterocycles. The van der Waals surface area contributed by atoms with E-state index in [0.29, 0.717) is 23.2 Å². The van der Waals surface area contributed by atoms with Crippen molar-refractivity contribution in [3.63, 3.8) is 0 Å². The SMILES string of the molecule is CN(Cc1ccc(Cl)s1)C(=O)COC(=O)c1ccc(Cn2cccn2)o1. The molecule has 0 aliphatic rings. The number of hydrogen-bond donors (Lipinski definition) is 0. The van der Waals surface area contributed by atoms with E-state index in [1.165, 1.54) is 22.3 Å². The number of amides is 1. The summed E-state index contributed by atoms with van der Waals surface area (Å²) < 4.78 is 12.8. The fourth-order valence-electron chi connectivity index (χ4n) is 2.19. The van der Waals surface area contributed by atoms with Crippen molar-refractivity contribution in [2.75, 3.05) is 13.7 Å². The number of furan rings is 1. The van der Waals surface area contributed by atoms with Gasteiger partial charge in [0.05, 0.1) is 17.4 Å². The largest absolute Gasteiger partial charge is 0.452 e. The lowest BCUT2D eigenvalue weighted by atomic mass is 10.4. The highest BCUT2D eigenvalue weighted by Crippen LogP contribution is 2.22. The normalized spacial score (nSPS) is 10.7. The first-order valence-corrected chi connectivity index (χ1v) is 8.92. The van der Waals surface area contributed by atoms with Crippen LogP contribution >= 0.6 is 22.9 Å². The van der Waals surface area contributed by atoms with Crippen molar-refractivity contribution in [3.8, 4) is 0 Å². The number of thiophene rings is 1. The second-order valence-electron chi connectivity index (χ2n) is 5.50. The predicted molar refractivity (Wildman–Crippen MR) is 96.1 cm³/mol. The number of likely N-dealkylation sites (N-methyl/N-ethyl adjacent to an activating group) is 1. The Bertz CT molecular complexity index is 888. The van der Waals surface area contributed by atoms with Crippen molar-refractivity contribution >= 4 is 34.8 Å². The number of hydrogen-bond acceptors (Lipinski definition) is 6. The summed E-state index contributed by atoms with van der Waals surface area (Å²) in [6, 6.07) is 8.62. The Morgan fingerprint density at radius 2 is 2.19 bits per heavy atom. The first kappa shape index (κ1) is 18.2. The Morgan fingerprint density at radius 3 is 2.88 bits per heavy atom. The molecule has 0 radical (unpaired) electrons. The summed E-state index contributed by atoms with van der Waals surface area (Å²) in [5.41, 5.74) is 0. The Balaban J connectivity index is 1.48. The Labute approximate surface area is 158 Å². The van der Waals surface area contributed by atoms with Crippen LogP contribution < -0.4 is 0 Å². The minimum Gasteiger partial charge on any atom is -0.452 e. The van der Waals surface area contributed by atoms with Crippen LogP contribution in [0.1, 0.15) is 21.2 Å². The smallest absolute Gasteiger partial charge is 0.374 e. The zero-order valence-electron chi connectivity index (χ0n) is 13.9. The van der Waals surface area contributed by atoms with Gasteiger partial charge in [-0.25, -0.2) is 4.79 Å². The summed E-state index contributed by atoms with van der Waals surface area (Å²) in [5, 5.41) is 4.06. The van der Waals surface area contributed by atoms with E-state index in [1.54, 1.807) is 42.3 Å². The van der Waals surface area contributed by atoms with E-state index in [1.807, 2.05) is 6.07 Å². The average molecular weight is 394 g/mol. The van der Waals surface area contributed by atoms with Crippen molar-refractivity contribution in [2.24, 2.45) is 0 Å². The monoisotopic (exact) mass is 393 g/mol. The summed E-state index contributed by atoms with van der Waals surface area (Å²) >= 11 is 7.27. The quantitative estimate of drug-likeness (QED) is 0.576. The van der Waals surface area contributed by atoms with Gasteiger partial charge in [-0.15, -0.1) is 11.3 Å². The standard InChI is InChI=1S/C17H16ClN3O4S/c1-20(10-13-4-6-15(18)26-13)16(22)11-24-17(23)14-5-3-12(25-14)9-21-8-2-7-19-21/h2-8H,9-11H2,1H3. The van der Waals surface area contributed by atoms with E-state index >= 15 is 0 Å². The molecular formula is C17H16ClN3O4S. The number of nitrogens with zero attached hydrogens (tertiary/aromatic N) is 3. The Kier molecular flexibility index (Phi) is 5.75. The molecule has 0 atom stereocenters. The van der Waals surface area contributed by atoms with Gasteiger partial charge in [-0.05, 0) is 30.3 Å². The lowest BCUT2D eigenvalue weighted by molar-refractivity contribution is -0.133. The third kappa shape index (κ3) is 4.74. The van der Waals surface area contributed by atoms with Crippen LogP contribution in [0.4, 0.5) is 0 Å². The van der Waals surface area contributed by atoms with Gasteiger partial charge in [-0.1, -0.05) is 11.6 Å². The van der Waals surface area contributed by atoms with Crippen LogP contribution in [0.2, 0.25) is 4.34 Å². The number of carbonyl (C=O) groups is 2. The summed E-state index contributed by atoms with van der Waals surface area (Å²) in [6.07, 6.45) is 3.44. The molecule has 0 N–H and O–H groups in total. The summed E-state index contributed by atoms with van der Waals surface area (Å²) in [5.74, 6) is -0.379. The van der Waals surface area contributed by atoms with Gasteiger partial charge >= 0.3 is 5.97 Å². The van der Waals surface area contributed by atoms with Crippen molar-refractivity contribution < 1.29 is 18.7 Å². The molecule has 136 valence electrons. The second-order valence-corrected chi connectivity index (χ2v) is 7.30. The lowest BCUT2D eigenvalue weighted by Crippen LogP contribution is -2.30. The summed E-state index contributed by atoms with van der Waals surface area (Å²) in [6.45, 7) is 0.456. The van der Waals surface area contributed by atoms with Gasteiger partial charge in [0, 0.05) is 24.3 Å². The molecule has 0 fully saturated rings. The van der Waals surface area contributed by atoms with Crippen LogP contribution in [0, 0.1) is 0 Å². The molecule has 0 unspecified atom stereocenters. The molecule has 0 saturated heterocycles. The molecule has 0 aliphatic carbocycles.